The van der Waals surface area contributed by atoms with Gasteiger partial charge in [-0.2, -0.15) is 0 Å². The van der Waals surface area contributed by atoms with Gasteiger partial charge in [0.15, 0.2) is 0 Å². The summed E-state index contributed by atoms with van der Waals surface area (Å²) in [6, 6.07) is 10.5. The van der Waals surface area contributed by atoms with E-state index >= 15 is 0 Å². The van der Waals surface area contributed by atoms with Gasteiger partial charge in [0.05, 0.1) is 11.3 Å². The minimum absolute atomic E-state index is 0.270. The number of carbonyl (C=O) groups is 1. The molecule has 110 valence electrons. The van der Waals surface area contributed by atoms with Gasteiger partial charge < -0.3 is 15.2 Å². The lowest BCUT2D eigenvalue weighted by Crippen LogP contribution is -2.10. The van der Waals surface area contributed by atoms with Gasteiger partial charge in [-0.05, 0) is 43.8 Å². The van der Waals surface area contributed by atoms with Crippen molar-refractivity contribution >= 4 is 5.97 Å². The van der Waals surface area contributed by atoms with Crippen molar-refractivity contribution in [3.63, 3.8) is 0 Å². The fourth-order valence-electron chi connectivity index (χ4n) is 1.93. The maximum absolute atomic E-state index is 10.8. The Hall–Kier alpha value is -2.40. The normalized spacial score (nSPS) is 10.4. The largest absolute Gasteiger partial charge is 0.487 e. The third-order valence-electron chi connectivity index (χ3n) is 3.01. The van der Waals surface area contributed by atoms with E-state index in [9.17, 15) is 4.79 Å². The third-order valence-corrected chi connectivity index (χ3v) is 3.01. The highest BCUT2D eigenvalue weighted by molar-refractivity contribution is 5.87. The van der Waals surface area contributed by atoms with Crippen molar-refractivity contribution in [1.82, 2.24) is 10.3 Å². The second kappa shape index (κ2) is 6.85. The molecule has 0 amide bonds. The molecule has 2 N–H and O–H groups in total. The van der Waals surface area contributed by atoms with E-state index < -0.39 is 5.97 Å². The Morgan fingerprint density at radius 3 is 2.57 bits per heavy atom. The zero-order valence-electron chi connectivity index (χ0n) is 12.1. The van der Waals surface area contributed by atoms with E-state index in [1.54, 1.807) is 24.3 Å². The number of carboxylic acid groups (broad SMARTS) is 1. The first-order valence-electron chi connectivity index (χ1n) is 6.66. The van der Waals surface area contributed by atoms with Crippen LogP contribution in [0.3, 0.4) is 0 Å². The van der Waals surface area contributed by atoms with Crippen molar-refractivity contribution in [1.29, 1.82) is 0 Å². The summed E-state index contributed by atoms with van der Waals surface area (Å²) in [5.41, 5.74) is 2.99. The number of aromatic nitrogens is 1. The van der Waals surface area contributed by atoms with Gasteiger partial charge >= 0.3 is 5.97 Å². The van der Waals surface area contributed by atoms with E-state index in [0.29, 0.717) is 13.2 Å². The van der Waals surface area contributed by atoms with Crippen molar-refractivity contribution < 1.29 is 14.6 Å². The number of carboxylic acids is 1. The van der Waals surface area contributed by atoms with E-state index in [4.69, 9.17) is 9.84 Å². The van der Waals surface area contributed by atoms with E-state index in [0.717, 1.165) is 22.7 Å². The van der Waals surface area contributed by atoms with Crippen LogP contribution in [0, 0.1) is 6.92 Å². The zero-order valence-corrected chi connectivity index (χ0v) is 12.1. The molecule has 21 heavy (non-hydrogen) atoms. The van der Waals surface area contributed by atoms with Crippen LogP contribution in [0.15, 0.2) is 36.4 Å². The summed E-state index contributed by atoms with van der Waals surface area (Å²) in [5, 5.41) is 11.9. The molecule has 1 heterocycles. The Kier molecular flexibility index (Phi) is 4.90. The molecule has 0 aliphatic heterocycles. The first kappa shape index (κ1) is 15.0. The van der Waals surface area contributed by atoms with Crippen LogP contribution >= 0.6 is 0 Å². The maximum Gasteiger partial charge on any atom is 0.335 e. The fraction of sp³-hybridized carbons (Fsp3) is 0.250. The monoisotopic (exact) mass is 286 g/mol. The Balaban J connectivity index is 2.07. The van der Waals surface area contributed by atoms with Crippen LogP contribution < -0.4 is 10.1 Å². The molecule has 5 heteroatoms. The van der Waals surface area contributed by atoms with Crippen LogP contribution in [0.1, 0.15) is 27.3 Å². The van der Waals surface area contributed by atoms with E-state index in [1.165, 1.54) is 0 Å². The maximum atomic E-state index is 10.8. The minimum Gasteiger partial charge on any atom is -0.487 e. The number of aryl methyl sites for hydroxylation is 1. The SMILES string of the molecule is CNCc1nc(C)ccc1OCc1ccc(C(=O)O)cc1. The fourth-order valence-corrected chi connectivity index (χ4v) is 1.93. The van der Waals surface area contributed by atoms with E-state index in [2.05, 4.69) is 10.3 Å². The molecule has 1 aromatic carbocycles. The van der Waals surface area contributed by atoms with Crippen LogP contribution in [-0.4, -0.2) is 23.1 Å². The summed E-state index contributed by atoms with van der Waals surface area (Å²) in [7, 11) is 1.86. The predicted octanol–water partition coefficient (Wildman–Crippen LogP) is 2.39. The number of rotatable bonds is 6. The minimum atomic E-state index is -0.929. The first-order chi connectivity index (χ1) is 10.1. The number of pyridine rings is 1. The molecule has 5 nitrogen and oxygen atoms in total. The molecular formula is C16H18N2O3. The number of ether oxygens (including phenoxy) is 1. The van der Waals surface area contributed by atoms with Crippen molar-refractivity contribution in [2.45, 2.75) is 20.1 Å². The molecular weight excluding hydrogens is 268 g/mol. The van der Waals surface area contributed by atoms with Gasteiger partial charge in [0.1, 0.15) is 12.4 Å². The lowest BCUT2D eigenvalue weighted by molar-refractivity contribution is 0.0697. The van der Waals surface area contributed by atoms with E-state index in [-0.39, 0.29) is 5.56 Å². The predicted molar refractivity (Wildman–Crippen MR) is 79.5 cm³/mol. The highest BCUT2D eigenvalue weighted by Crippen LogP contribution is 2.18. The molecule has 0 radical (unpaired) electrons. The number of nitrogens with zero attached hydrogens (tertiary/aromatic N) is 1. The smallest absolute Gasteiger partial charge is 0.335 e. The van der Waals surface area contributed by atoms with Gasteiger partial charge in [-0.15, -0.1) is 0 Å². The number of hydrogen-bond acceptors (Lipinski definition) is 4. The molecule has 0 fully saturated rings. The summed E-state index contributed by atoms with van der Waals surface area (Å²) < 4.78 is 5.78. The van der Waals surface area contributed by atoms with Crippen LogP contribution in [0.4, 0.5) is 0 Å². The third kappa shape index (κ3) is 4.03. The highest BCUT2D eigenvalue weighted by Gasteiger charge is 2.06. The zero-order chi connectivity index (χ0) is 15.2. The molecule has 0 aliphatic rings. The standard InChI is InChI=1S/C16H18N2O3/c1-11-3-8-15(14(18-11)9-17-2)21-10-12-4-6-13(7-5-12)16(19)20/h3-8,17H,9-10H2,1-2H3,(H,19,20). The van der Waals surface area contributed by atoms with Crippen LogP contribution in [0.2, 0.25) is 0 Å². The van der Waals surface area contributed by atoms with Crippen molar-refractivity contribution in [2.75, 3.05) is 7.05 Å². The quantitative estimate of drug-likeness (QED) is 0.853. The Morgan fingerprint density at radius 1 is 1.24 bits per heavy atom. The Morgan fingerprint density at radius 2 is 1.95 bits per heavy atom. The molecule has 0 unspecified atom stereocenters. The van der Waals surface area contributed by atoms with Gasteiger partial charge in [-0.1, -0.05) is 12.1 Å². The number of nitrogens with one attached hydrogen (secondary N) is 1. The summed E-state index contributed by atoms with van der Waals surface area (Å²) in [6.07, 6.45) is 0. The van der Waals surface area contributed by atoms with Gasteiger partial charge in [0.25, 0.3) is 0 Å². The Bertz CT molecular complexity index is 624. The van der Waals surface area contributed by atoms with Crippen molar-refractivity contribution in [2.24, 2.45) is 0 Å². The molecule has 1 aromatic heterocycles. The molecule has 2 aromatic rings. The molecule has 0 spiro atoms. The molecule has 0 saturated heterocycles. The number of benzene rings is 1. The second-order valence-electron chi connectivity index (χ2n) is 4.72. The van der Waals surface area contributed by atoms with Gasteiger partial charge in [0, 0.05) is 12.2 Å². The molecule has 0 aliphatic carbocycles. The number of hydrogen-bond donors (Lipinski definition) is 2. The van der Waals surface area contributed by atoms with Crippen LogP contribution in [0.5, 0.6) is 5.75 Å². The lowest BCUT2D eigenvalue weighted by atomic mass is 10.1. The molecule has 2 rings (SSSR count). The molecule has 0 saturated carbocycles. The number of aromatic carboxylic acids is 1. The van der Waals surface area contributed by atoms with Crippen molar-refractivity contribution in [3.8, 4) is 5.75 Å². The average molecular weight is 286 g/mol. The topological polar surface area (TPSA) is 71.5 Å². The summed E-state index contributed by atoms with van der Waals surface area (Å²) in [5.74, 6) is -0.196. The van der Waals surface area contributed by atoms with Crippen LogP contribution in [0.25, 0.3) is 0 Å². The van der Waals surface area contributed by atoms with Gasteiger partial charge in [-0.25, -0.2) is 4.79 Å². The summed E-state index contributed by atoms with van der Waals surface area (Å²) in [6.45, 7) is 2.95. The summed E-state index contributed by atoms with van der Waals surface area (Å²) >= 11 is 0. The molecule has 0 bridgehead atoms. The van der Waals surface area contributed by atoms with Gasteiger partial charge in [-0.3, -0.25) is 4.98 Å². The second-order valence-corrected chi connectivity index (χ2v) is 4.72. The van der Waals surface area contributed by atoms with Gasteiger partial charge in [0.2, 0.25) is 0 Å². The van der Waals surface area contributed by atoms with E-state index in [1.807, 2.05) is 26.1 Å². The average Bonchev–Trinajstić information content (AvgIpc) is 2.47. The van der Waals surface area contributed by atoms with Crippen LogP contribution in [-0.2, 0) is 13.2 Å². The summed E-state index contributed by atoms with van der Waals surface area (Å²) in [4.78, 5) is 15.2. The Labute approximate surface area is 123 Å². The lowest BCUT2D eigenvalue weighted by Gasteiger charge is -2.11. The first-order valence-corrected chi connectivity index (χ1v) is 6.66. The molecule has 0 atom stereocenters. The highest BCUT2D eigenvalue weighted by atomic mass is 16.5. The van der Waals surface area contributed by atoms with Crippen molar-refractivity contribution in [3.05, 3.63) is 58.9 Å².